The maximum Gasteiger partial charge on any atom is 0.309 e. The zero-order valence-electron chi connectivity index (χ0n) is 9.94. The minimum Gasteiger partial charge on any atom is -0.460 e. The molecule has 17 heavy (non-hydrogen) atoms. The monoisotopic (exact) mass is 298 g/mol. The Morgan fingerprint density at radius 3 is 2.88 bits per heavy atom. The van der Waals surface area contributed by atoms with Crippen LogP contribution in [0.5, 0.6) is 0 Å². The van der Waals surface area contributed by atoms with Gasteiger partial charge in [-0.3, -0.25) is 4.79 Å². The summed E-state index contributed by atoms with van der Waals surface area (Å²) >= 11 is 3.37. The average Bonchev–Trinajstić information content (AvgIpc) is 3.09. The second-order valence-electron chi connectivity index (χ2n) is 4.41. The first-order chi connectivity index (χ1) is 8.08. The van der Waals surface area contributed by atoms with Crippen LogP contribution in [0.3, 0.4) is 0 Å². The molecule has 0 N–H and O–H groups in total. The smallest absolute Gasteiger partial charge is 0.309 e. The lowest BCUT2D eigenvalue weighted by Gasteiger charge is -2.16. The van der Waals surface area contributed by atoms with Gasteiger partial charge >= 0.3 is 5.97 Å². The van der Waals surface area contributed by atoms with Gasteiger partial charge in [-0.15, -0.1) is 0 Å². The number of halogens is 1. The van der Waals surface area contributed by atoms with Gasteiger partial charge in [-0.05, 0) is 34.8 Å². The van der Waals surface area contributed by atoms with Crippen molar-refractivity contribution in [3.63, 3.8) is 0 Å². The number of ether oxygens (including phenoxy) is 1. The van der Waals surface area contributed by atoms with Crippen LogP contribution < -0.4 is 4.90 Å². The number of carbonyl (C=O) groups excluding carboxylic acids is 1. The van der Waals surface area contributed by atoms with E-state index in [1.807, 2.05) is 25.1 Å². The number of hydrogen-bond donors (Lipinski definition) is 0. The standard InChI is InChI=1S/C12H15BrN2O2/c1-15(2)11-9(5-10(13)6-14-11)7-17-12(16)8-3-4-8/h5-6,8H,3-4,7H2,1-2H3. The molecule has 5 heteroatoms. The van der Waals surface area contributed by atoms with Crippen molar-refractivity contribution in [2.45, 2.75) is 19.4 Å². The van der Waals surface area contributed by atoms with E-state index in [0.29, 0.717) is 0 Å². The Kier molecular flexibility index (Phi) is 3.66. The highest BCUT2D eigenvalue weighted by Crippen LogP contribution is 2.31. The molecule has 1 saturated carbocycles. The van der Waals surface area contributed by atoms with Gasteiger partial charge in [0.2, 0.25) is 0 Å². The van der Waals surface area contributed by atoms with Crippen molar-refractivity contribution < 1.29 is 9.53 Å². The maximum absolute atomic E-state index is 11.5. The molecule has 1 heterocycles. The highest BCUT2D eigenvalue weighted by atomic mass is 79.9. The van der Waals surface area contributed by atoms with E-state index in [1.165, 1.54) is 0 Å². The molecule has 1 aliphatic carbocycles. The Labute approximate surface area is 109 Å². The molecule has 0 aliphatic heterocycles. The van der Waals surface area contributed by atoms with Gasteiger partial charge < -0.3 is 9.64 Å². The second kappa shape index (κ2) is 5.04. The van der Waals surface area contributed by atoms with E-state index in [2.05, 4.69) is 20.9 Å². The number of carbonyl (C=O) groups is 1. The third-order valence-corrected chi connectivity index (χ3v) is 3.05. The quantitative estimate of drug-likeness (QED) is 0.801. The SMILES string of the molecule is CN(C)c1ncc(Br)cc1COC(=O)C1CC1. The van der Waals surface area contributed by atoms with Crippen LogP contribution in [0, 0.1) is 5.92 Å². The minimum absolute atomic E-state index is 0.0883. The van der Waals surface area contributed by atoms with Crippen LogP contribution in [0.4, 0.5) is 5.82 Å². The first-order valence-electron chi connectivity index (χ1n) is 5.56. The summed E-state index contributed by atoms with van der Waals surface area (Å²) in [4.78, 5) is 17.7. The number of esters is 1. The molecule has 0 atom stereocenters. The van der Waals surface area contributed by atoms with Crippen LogP contribution in [0.1, 0.15) is 18.4 Å². The van der Waals surface area contributed by atoms with E-state index in [9.17, 15) is 4.79 Å². The Morgan fingerprint density at radius 1 is 1.59 bits per heavy atom. The van der Waals surface area contributed by atoms with Gasteiger partial charge in [-0.2, -0.15) is 0 Å². The Morgan fingerprint density at radius 2 is 2.29 bits per heavy atom. The van der Waals surface area contributed by atoms with Gasteiger partial charge in [-0.25, -0.2) is 4.98 Å². The second-order valence-corrected chi connectivity index (χ2v) is 5.33. The van der Waals surface area contributed by atoms with Crippen molar-refractivity contribution in [2.24, 2.45) is 5.92 Å². The number of rotatable bonds is 4. The van der Waals surface area contributed by atoms with Crippen LogP contribution in [0.25, 0.3) is 0 Å². The molecule has 0 unspecified atom stereocenters. The first-order valence-corrected chi connectivity index (χ1v) is 6.35. The fourth-order valence-electron chi connectivity index (χ4n) is 1.57. The maximum atomic E-state index is 11.5. The molecular weight excluding hydrogens is 284 g/mol. The number of aromatic nitrogens is 1. The zero-order chi connectivity index (χ0) is 12.4. The van der Waals surface area contributed by atoms with E-state index in [4.69, 9.17) is 4.74 Å². The van der Waals surface area contributed by atoms with Gasteiger partial charge in [0, 0.05) is 30.3 Å². The Bertz CT molecular complexity index is 431. The zero-order valence-corrected chi connectivity index (χ0v) is 11.5. The Balaban J connectivity index is 2.07. The van der Waals surface area contributed by atoms with E-state index in [1.54, 1.807) is 6.20 Å². The molecule has 0 amide bonds. The molecule has 4 nitrogen and oxygen atoms in total. The molecule has 0 radical (unpaired) electrons. The van der Waals surface area contributed by atoms with Crippen molar-refractivity contribution in [3.8, 4) is 0 Å². The van der Waals surface area contributed by atoms with Gasteiger partial charge in [0.15, 0.2) is 0 Å². The third kappa shape index (κ3) is 3.19. The molecule has 1 aromatic rings. The van der Waals surface area contributed by atoms with Crippen molar-refractivity contribution in [1.82, 2.24) is 4.98 Å². The highest BCUT2D eigenvalue weighted by Gasteiger charge is 2.31. The molecule has 2 rings (SSSR count). The summed E-state index contributed by atoms with van der Waals surface area (Å²) < 4.78 is 6.16. The lowest BCUT2D eigenvalue weighted by Crippen LogP contribution is -2.15. The lowest BCUT2D eigenvalue weighted by atomic mass is 10.2. The molecule has 0 aromatic carbocycles. The summed E-state index contributed by atoms with van der Waals surface area (Å²) in [5.74, 6) is 0.879. The van der Waals surface area contributed by atoms with Crippen molar-refractivity contribution >= 4 is 27.7 Å². The summed E-state index contributed by atoms with van der Waals surface area (Å²) in [5.41, 5.74) is 0.915. The minimum atomic E-state index is -0.0883. The molecule has 1 aromatic heterocycles. The third-order valence-electron chi connectivity index (χ3n) is 2.61. The van der Waals surface area contributed by atoms with Crippen molar-refractivity contribution in [3.05, 3.63) is 22.3 Å². The van der Waals surface area contributed by atoms with Crippen molar-refractivity contribution in [1.29, 1.82) is 0 Å². The topological polar surface area (TPSA) is 42.4 Å². The van der Waals surface area contributed by atoms with Crippen LogP contribution in [-0.2, 0) is 16.1 Å². The molecule has 92 valence electrons. The first kappa shape index (κ1) is 12.4. The summed E-state index contributed by atoms with van der Waals surface area (Å²) in [6, 6.07) is 1.93. The molecule has 1 fully saturated rings. The predicted molar refractivity (Wildman–Crippen MR) is 68.8 cm³/mol. The van der Waals surface area contributed by atoms with Crippen LogP contribution in [0.2, 0.25) is 0 Å². The highest BCUT2D eigenvalue weighted by molar-refractivity contribution is 9.10. The van der Waals surface area contributed by atoms with Gasteiger partial charge in [-0.1, -0.05) is 0 Å². The fraction of sp³-hybridized carbons (Fsp3) is 0.500. The summed E-state index contributed by atoms with van der Waals surface area (Å²) in [7, 11) is 3.84. The normalized spacial score (nSPS) is 14.5. The van der Waals surface area contributed by atoms with E-state index < -0.39 is 0 Å². The molecule has 0 bridgehead atoms. The van der Waals surface area contributed by atoms with Gasteiger partial charge in [0.1, 0.15) is 12.4 Å². The van der Waals surface area contributed by atoms with E-state index >= 15 is 0 Å². The average molecular weight is 299 g/mol. The lowest BCUT2D eigenvalue weighted by molar-refractivity contribution is -0.146. The predicted octanol–water partition coefficient (Wildman–Crippen LogP) is 2.36. The summed E-state index contributed by atoms with van der Waals surface area (Å²) in [6.45, 7) is 0.287. The molecular formula is C12H15BrN2O2. The van der Waals surface area contributed by atoms with E-state index in [0.717, 1.165) is 28.7 Å². The number of anilines is 1. The molecule has 1 aliphatic rings. The van der Waals surface area contributed by atoms with Crippen LogP contribution in [-0.4, -0.2) is 25.0 Å². The van der Waals surface area contributed by atoms with Crippen molar-refractivity contribution in [2.75, 3.05) is 19.0 Å². The number of pyridine rings is 1. The van der Waals surface area contributed by atoms with Gasteiger partial charge in [0.25, 0.3) is 0 Å². The number of hydrogen-bond acceptors (Lipinski definition) is 4. The molecule has 0 spiro atoms. The van der Waals surface area contributed by atoms with Gasteiger partial charge in [0.05, 0.1) is 5.92 Å². The fourth-order valence-corrected chi connectivity index (χ4v) is 1.95. The Hall–Kier alpha value is -1.10. The summed E-state index contributed by atoms with van der Waals surface area (Å²) in [6.07, 6.45) is 3.67. The van der Waals surface area contributed by atoms with E-state index in [-0.39, 0.29) is 18.5 Å². The summed E-state index contributed by atoms with van der Waals surface area (Å²) in [5, 5.41) is 0. The van der Waals surface area contributed by atoms with Crippen LogP contribution >= 0.6 is 15.9 Å². The molecule has 0 saturated heterocycles. The van der Waals surface area contributed by atoms with Crippen LogP contribution in [0.15, 0.2) is 16.7 Å². The number of nitrogens with zero attached hydrogens (tertiary/aromatic N) is 2. The largest absolute Gasteiger partial charge is 0.460 e.